The van der Waals surface area contributed by atoms with Crippen molar-refractivity contribution in [2.75, 3.05) is 23.7 Å². The third-order valence-electron chi connectivity index (χ3n) is 3.51. The number of nitriles is 1. The number of rotatable bonds is 1. The zero-order valence-corrected chi connectivity index (χ0v) is 10.4. The average Bonchev–Trinajstić information content (AvgIpc) is 2.30. The van der Waals surface area contributed by atoms with Crippen LogP contribution in [0.5, 0.6) is 0 Å². The number of nitrogen functional groups attached to an aromatic ring is 1. The van der Waals surface area contributed by atoms with Crippen molar-refractivity contribution in [3.05, 3.63) is 17.8 Å². The maximum atomic E-state index is 8.95. The van der Waals surface area contributed by atoms with Crippen LogP contribution in [0.15, 0.2) is 12.3 Å². The van der Waals surface area contributed by atoms with Gasteiger partial charge in [0.05, 0.1) is 11.3 Å². The first-order valence-corrected chi connectivity index (χ1v) is 5.93. The summed E-state index contributed by atoms with van der Waals surface area (Å²) in [6.07, 6.45) is 3.92. The fraction of sp³-hybridized carbons (Fsp3) is 0.538. The summed E-state index contributed by atoms with van der Waals surface area (Å²) in [6.45, 7) is 6.48. The first-order chi connectivity index (χ1) is 8.03. The molecule has 1 aliphatic rings. The molecule has 0 radical (unpaired) electrons. The van der Waals surface area contributed by atoms with Gasteiger partial charge in [-0.15, -0.1) is 0 Å². The van der Waals surface area contributed by atoms with E-state index in [4.69, 9.17) is 11.0 Å². The Kier molecular flexibility index (Phi) is 2.93. The number of nitrogens with zero attached hydrogens (tertiary/aromatic N) is 3. The smallest absolute Gasteiger partial charge is 0.153 e. The van der Waals surface area contributed by atoms with Crippen molar-refractivity contribution in [2.24, 2.45) is 5.41 Å². The lowest BCUT2D eigenvalue weighted by molar-refractivity contribution is 0.279. The van der Waals surface area contributed by atoms with Gasteiger partial charge in [0.15, 0.2) is 5.82 Å². The van der Waals surface area contributed by atoms with E-state index < -0.39 is 0 Å². The Bertz CT molecular complexity index is 449. The number of hydrogen-bond donors (Lipinski definition) is 1. The zero-order valence-electron chi connectivity index (χ0n) is 10.4. The van der Waals surface area contributed by atoms with E-state index in [-0.39, 0.29) is 0 Å². The third kappa shape index (κ3) is 2.33. The molecule has 0 amide bonds. The molecule has 0 aromatic carbocycles. The molecule has 4 nitrogen and oxygen atoms in total. The maximum Gasteiger partial charge on any atom is 0.153 e. The molecular formula is C13H18N4. The standard InChI is InChI=1S/C13H18N4/c1-13(2)4-7-17(8-5-13)12-11(15)10(9-14)3-6-16-12/h3,6H,4-5,7-8,15H2,1-2H3. The number of piperidine rings is 1. The molecule has 1 aliphatic heterocycles. The van der Waals surface area contributed by atoms with Crippen LogP contribution in [0, 0.1) is 16.7 Å². The van der Waals surface area contributed by atoms with Gasteiger partial charge < -0.3 is 10.6 Å². The van der Waals surface area contributed by atoms with E-state index in [0.717, 1.165) is 31.7 Å². The van der Waals surface area contributed by atoms with Crippen LogP contribution in [0.2, 0.25) is 0 Å². The second-order valence-corrected chi connectivity index (χ2v) is 5.36. The van der Waals surface area contributed by atoms with E-state index >= 15 is 0 Å². The normalized spacial score (nSPS) is 18.8. The molecule has 4 heteroatoms. The van der Waals surface area contributed by atoms with Crippen LogP contribution in [0.25, 0.3) is 0 Å². The van der Waals surface area contributed by atoms with E-state index in [1.807, 2.05) is 0 Å². The van der Waals surface area contributed by atoms with Gasteiger partial charge >= 0.3 is 0 Å². The highest BCUT2D eigenvalue weighted by Crippen LogP contribution is 2.33. The van der Waals surface area contributed by atoms with Gasteiger partial charge in [-0.1, -0.05) is 13.8 Å². The zero-order chi connectivity index (χ0) is 12.5. The second-order valence-electron chi connectivity index (χ2n) is 5.36. The molecule has 2 N–H and O–H groups in total. The molecule has 0 atom stereocenters. The predicted octanol–water partition coefficient (Wildman–Crippen LogP) is 2.16. The van der Waals surface area contributed by atoms with E-state index in [1.165, 1.54) is 0 Å². The van der Waals surface area contributed by atoms with Crippen molar-refractivity contribution in [1.29, 1.82) is 5.26 Å². The number of anilines is 2. The molecule has 1 aromatic rings. The van der Waals surface area contributed by atoms with Gasteiger partial charge in [-0.25, -0.2) is 4.98 Å². The summed E-state index contributed by atoms with van der Waals surface area (Å²) in [5.41, 5.74) is 7.39. The molecule has 0 saturated carbocycles. The SMILES string of the molecule is CC1(C)CCN(c2nccc(C#N)c2N)CC1. The fourth-order valence-corrected chi connectivity index (χ4v) is 2.14. The predicted molar refractivity (Wildman–Crippen MR) is 68.6 cm³/mol. The molecule has 2 heterocycles. The van der Waals surface area contributed by atoms with Crippen molar-refractivity contribution in [1.82, 2.24) is 4.98 Å². The minimum atomic E-state index is 0.401. The molecule has 0 unspecified atom stereocenters. The van der Waals surface area contributed by atoms with Crippen LogP contribution >= 0.6 is 0 Å². The Morgan fingerprint density at radius 3 is 2.65 bits per heavy atom. The lowest BCUT2D eigenvalue weighted by Gasteiger charge is -2.37. The van der Waals surface area contributed by atoms with Gasteiger partial charge in [0.25, 0.3) is 0 Å². The van der Waals surface area contributed by atoms with E-state index in [9.17, 15) is 0 Å². The molecule has 0 spiro atoms. The second kappa shape index (κ2) is 4.25. The highest BCUT2D eigenvalue weighted by atomic mass is 15.2. The molecule has 0 bridgehead atoms. The number of hydrogen-bond acceptors (Lipinski definition) is 4. The molecule has 90 valence electrons. The van der Waals surface area contributed by atoms with E-state index in [1.54, 1.807) is 12.3 Å². The summed E-state index contributed by atoms with van der Waals surface area (Å²) < 4.78 is 0. The Hall–Kier alpha value is -1.76. The Labute approximate surface area is 102 Å². The van der Waals surface area contributed by atoms with Crippen LogP contribution in [0.3, 0.4) is 0 Å². The number of nitrogens with two attached hydrogens (primary N) is 1. The van der Waals surface area contributed by atoms with Crippen LogP contribution < -0.4 is 10.6 Å². The van der Waals surface area contributed by atoms with Gasteiger partial charge in [0, 0.05) is 19.3 Å². The summed E-state index contributed by atoms with van der Waals surface area (Å²) in [7, 11) is 0. The van der Waals surface area contributed by atoms with Gasteiger partial charge in [-0.2, -0.15) is 5.26 Å². The minimum Gasteiger partial charge on any atom is -0.395 e. The Morgan fingerprint density at radius 1 is 1.41 bits per heavy atom. The van der Waals surface area contributed by atoms with Crippen molar-refractivity contribution in [3.8, 4) is 6.07 Å². The monoisotopic (exact) mass is 230 g/mol. The largest absolute Gasteiger partial charge is 0.395 e. The maximum absolute atomic E-state index is 8.95. The average molecular weight is 230 g/mol. The molecule has 0 aliphatic carbocycles. The molecular weight excluding hydrogens is 212 g/mol. The first-order valence-electron chi connectivity index (χ1n) is 5.93. The molecule has 17 heavy (non-hydrogen) atoms. The third-order valence-corrected chi connectivity index (χ3v) is 3.51. The lowest BCUT2D eigenvalue weighted by atomic mass is 9.82. The molecule has 1 aromatic heterocycles. The Balaban J connectivity index is 2.22. The summed E-state index contributed by atoms with van der Waals surface area (Å²) >= 11 is 0. The van der Waals surface area contributed by atoms with Crippen LogP contribution in [0.4, 0.5) is 11.5 Å². The fourth-order valence-electron chi connectivity index (χ4n) is 2.14. The van der Waals surface area contributed by atoms with Crippen molar-refractivity contribution in [2.45, 2.75) is 26.7 Å². The van der Waals surface area contributed by atoms with E-state index in [0.29, 0.717) is 16.7 Å². The van der Waals surface area contributed by atoms with Crippen LogP contribution in [-0.4, -0.2) is 18.1 Å². The summed E-state index contributed by atoms with van der Waals surface area (Å²) in [5, 5.41) is 8.95. The quantitative estimate of drug-likeness (QED) is 0.803. The van der Waals surface area contributed by atoms with Crippen LogP contribution in [-0.2, 0) is 0 Å². The molecule has 2 rings (SSSR count). The van der Waals surface area contributed by atoms with Gasteiger partial charge in [-0.3, -0.25) is 0 Å². The van der Waals surface area contributed by atoms with Gasteiger partial charge in [0.2, 0.25) is 0 Å². The first kappa shape index (κ1) is 11.7. The molecule has 1 saturated heterocycles. The van der Waals surface area contributed by atoms with Gasteiger partial charge in [-0.05, 0) is 24.3 Å². The number of pyridine rings is 1. The minimum absolute atomic E-state index is 0.401. The van der Waals surface area contributed by atoms with Crippen molar-refractivity contribution >= 4 is 11.5 Å². The highest BCUT2D eigenvalue weighted by Gasteiger charge is 2.27. The summed E-state index contributed by atoms with van der Waals surface area (Å²) in [5.74, 6) is 0.763. The van der Waals surface area contributed by atoms with Gasteiger partial charge in [0.1, 0.15) is 6.07 Å². The van der Waals surface area contributed by atoms with E-state index in [2.05, 4.69) is 29.8 Å². The Morgan fingerprint density at radius 2 is 2.06 bits per heavy atom. The van der Waals surface area contributed by atoms with Crippen molar-refractivity contribution in [3.63, 3.8) is 0 Å². The molecule has 1 fully saturated rings. The lowest BCUT2D eigenvalue weighted by Crippen LogP contribution is -2.38. The van der Waals surface area contributed by atoms with Crippen LogP contribution in [0.1, 0.15) is 32.3 Å². The summed E-state index contributed by atoms with van der Waals surface area (Å²) in [6, 6.07) is 3.76. The highest BCUT2D eigenvalue weighted by molar-refractivity contribution is 5.70. The summed E-state index contributed by atoms with van der Waals surface area (Å²) in [4.78, 5) is 6.49. The number of aromatic nitrogens is 1. The van der Waals surface area contributed by atoms with Crippen molar-refractivity contribution < 1.29 is 0 Å². The topological polar surface area (TPSA) is 65.9 Å².